The Morgan fingerprint density at radius 1 is 0.643 bits per heavy atom. The molecule has 2 aromatic rings. The lowest BCUT2D eigenvalue weighted by Gasteiger charge is -2.09. The van der Waals surface area contributed by atoms with Crippen molar-refractivity contribution < 1.29 is 0 Å². The minimum Gasteiger partial charge on any atom is -0.0801 e. The van der Waals surface area contributed by atoms with Crippen LogP contribution in [-0.4, -0.2) is 0 Å². The monoisotopic (exact) mass is 199 g/mol. The summed E-state index contributed by atoms with van der Waals surface area (Å²) in [4.78, 5) is 0. The van der Waals surface area contributed by atoms with Crippen LogP contribution >= 0.6 is 12.6 Å². The van der Waals surface area contributed by atoms with Crippen molar-refractivity contribution >= 4 is 12.6 Å². The predicted octanol–water partition coefficient (Wildman–Crippen LogP) is 3.97. The van der Waals surface area contributed by atoms with Crippen LogP contribution in [0.4, 0.5) is 0 Å². The van der Waals surface area contributed by atoms with Crippen LogP contribution in [0.3, 0.4) is 0 Å². The molecule has 1 radical (unpaired) electrons. The molecule has 0 bridgehead atoms. The third-order valence-corrected chi connectivity index (χ3v) is 2.75. The fourth-order valence-electron chi connectivity index (χ4n) is 1.45. The van der Waals surface area contributed by atoms with Gasteiger partial charge in [0.15, 0.2) is 0 Å². The lowest BCUT2D eigenvalue weighted by Crippen LogP contribution is -1.91. The number of hydrogen-bond acceptors (Lipinski definition) is 0. The maximum atomic E-state index is 5.47. The summed E-state index contributed by atoms with van der Waals surface area (Å²) in [6, 6.07) is 20.4. The van der Waals surface area contributed by atoms with E-state index in [1.165, 1.54) is 11.1 Å². The Bertz CT molecular complexity index is 341. The third-order valence-electron chi connectivity index (χ3n) is 2.20. The molecule has 0 saturated heterocycles. The fourth-order valence-corrected chi connectivity index (χ4v) is 1.76. The predicted molar refractivity (Wildman–Crippen MR) is 62.3 cm³/mol. The minimum atomic E-state index is 0.0670. The first-order valence-corrected chi connectivity index (χ1v) is 5.11. The number of hydrogen-bond donors (Lipinski definition) is 0. The molecule has 0 aliphatic rings. The fraction of sp³-hybridized carbons (Fsp3) is 0.0769. The van der Waals surface area contributed by atoms with Gasteiger partial charge in [0.1, 0.15) is 0 Å². The van der Waals surface area contributed by atoms with Crippen molar-refractivity contribution in [1.29, 1.82) is 0 Å². The first kappa shape index (κ1) is 9.35. The molecule has 0 aliphatic heterocycles. The standard InChI is InChI=1S/C13H11S/c14-13(11-7-3-1-4-8-11)12-9-5-2-6-10-12/h1-10,13H. The zero-order chi connectivity index (χ0) is 9.80. The average Bonchev–Trinajstić information content (AvgIpc) is 2.30. The largest absolute Gasteiger partial charge is 0.0801 e. The highest BCUT2D eigenvalue weighted by Gasteiger charge is 2.07. The Morgan fingerprint density at radius 3 is 1.36 bits per heavy atom. The van der Waals surface area contributed by atoms with Gasteiger partial charge in [-0.1, -0.05) is 73.3 Å². The lowest BCUT2D eigenvalue weighted by atomic mass is 10.0. The van der Waals surface area contributed by atoms with Crippen molar-refractivity contribution in [2.45, 2.75) is 5.25 Å². The van der Waals surface area contributed by atoms with Gasteiger partial charge < -0.3 is 0 Å². The SMILES string of the molecule is [S]C(c1ccccc1)c1ccccc1. The Morgan fingerprint density at radius 2 is 1.00 bits per heavy atom. The Kier molecular flexibility index (Phi) is 2.90. The molecule has 0 atom stereocenters. The van der Waals surface area contributed by atoms with E-state index in [0.717, 1.165) is 0 Å². The van der Waals surface area contributed by atoms with Crippen LogP contribution in [0.25, 0.3) is 0 Å². The molecule has 2 rings (SSSR count). The zero-order valence-electron chi connectivity index (χ0n) is 7.76. The molecule has 0 saturated carbocycles. The van der Waals surface area contributed by atoms with E-state index in [9.17, 15) is 0 Å². The van der Waals surface area contributed by atoms with Gasteiger partial charge in [-0.15, -0.1) is 0 Å². The van der Waals surface area contributed by atoms with Crippen molar-refractivity contribution in [3.63, 3.8) is 0 Å². The van der Waals surface area contributed by atoms with Crippen molar-refractivity contribution in [3.8, 4) is 0 Å². The highest BCUT2D eigenvalue weighted by atomic mass is 32.1. The van der Waals surface area contributed by atoms with Crippen LogP contribution in [-0.2, 0) is 0 Å². The van der Waals surface area contributed by atoms with Gasteiger partial charge in [0, 0.05) is 0 Å². The molecular formula is C13H11S. The summed E-state index contributed by atoms with van der Waals surface area (Å²) in [5.74, 6) is 0. The summed E-state index contributed by atoms with van der Waals surface area (Å²) in [7, 11) is 0. The second-order valence-corrected chi connectivity index (χ2v) is 3.67. The van der Waals surface area contributed by atoms with Crippen molar-refractivity contribution in [2.24, 2.45) is 0 Å². The van der Waals surface area contributed by atoms with E-state index in [-0.39, 0.29) is 5.25 Å². The molecule has 0 spiro atoms. The molecule has 1 heteroatoms. The topological polar surface area (TPSA) is 0 Å². The second-order valence-electron chi connectivity index (χ2n) is 3.20. The summed E-state index contributed by atoms with van der Waals surface area (Å²) in [6.07, 6.45) is 0. The molecule has 0 unspecified atom stereocenters. The van der Waals surface area contributed by atoms with Crippen LogP contribution in [0.1, 0.15) is 16.4 Å². The van der Waals surface area contributed by atoms with E-state index in [1.54, 1.807) is 0 Å². The molecule has 0 N–H and O–H groups in total. The van der Waals surface area contributed by atoms with E-state index in [2.05, 4.69) is 24.3 Å². The van der Waals surface area contributed by atoms with E-state index < -0.39 is 0 Å². The van der Waals surface area contributed by atoms with Crippen molar-refractivity contribution in [2.75, 3.05) is 0 Å². The van der Waals surface area contributed by atoms with Gasteiger partial charge in [0.2, 0.25) is 0 Å². The maximum absolute atomic E-state index is 5.47. The lowest BCUT2D eigenvalue weighted by molar-refractivity contribution is 1.17. The molecule has 69 valence electrons. The zero-order valence-corrected chi connectivity index (χ0v) is 8.58. The minimum absolute atomic E-state index is 0.0670. The van der Waals surface area contributed by atoms with Gasteiger partial charge in [0.25, 0.3) is 0 Å². The molecule has 0 nitrogen and oxygen atoms in total. The normalized spacial score (nSPS) is 10.4. The van der Waals surface area contributed by atoms with Crippen LogP contribution < -0.4 is 0 Å². The molecule has 2 aromatic carbocycles. The van der Waals surface area contributed by atoms with Crippen LogP contribution in [0.5, 0.6) is 0 Å². The summed E-state index contributed by atoms with van der Waals surface area (Å²) >= 11 is 5.47. The van der Waals surface area contributed by atoms with Crippen molar-refractivity contribution in [1.82, 2.24) is 0 Å². The molecule has 0 aliphatic carbocycles. The number of rotatable bonds is 2. The Labute approximate surface area is 90.0 Å². The van der Waals surface area contributed by atoms with Gasteiger partial charge in [-0.25, -0.2) is 0 Å². The second kappa shape index (κ2) is 4.34. The molecule has 14 heavy (non-hydrogen) atoms. The van der Waals surface area contributed by atoms with Gasteiger partial charge in [-0.2, -0.15) is 0 Å². The van der Waals surface area contributed by atoms with Crippen molar-refractivity contribution in [3.05, 3.63) is 71.8 Å². The first-order chi connectivity index (χ1) is 6.88. The summed E-state index contributed by atoms with van der Waals surface area (Å²) in [5, 5.41) is 0.0670. The first-order valence-electron chi connectivity index (χ1n) is 4.63. The van der Waals surface area contributed by atoms with E-state index in [0.29, 0.717) is 0 Å². The van der Waals surface area contributed by atoms with Crippen LogP contribution in [0.15, 0.2) is 60.7 Å². The Hall–Kier alpha value is -1.21. The smallest absolute Gasteiger partial charge is 0.0650 e. The number of benzene rings is 2. The third kappa shape index (κ3) is 1.99. The highest BCUT2D eigenvalue weighted by molar-refractivity contribution is 7.80. The van der Waals surface area contributed by atoms with Gasteiger partial charge in [-0.3, -0.25) is 0 Å². The van der Waals surface area contributed by atoms with E-state index in [1.807, 2.05) is 36.4 Å². The summed E-state index contributed by atoms with van der Waals surface area (Å²) in [6.45, 7) is 0. The quantitative estimate of drug-likeness (QED) is 0.686. The van der Waals surface area contributed by atoms with Gasteiger partial charge in [0.05, 0.1) is 5.25 Å². The maximum Gasteiger partial charge on any atom is 0.0650 e. The summed E-state index contributed by atoms with van der Waals surface area (Å²) in [5.41, 5.74) is 2.38. The molecular weight excluding hydrogens is 188 g/mol. The van der Waals surface area contributed by atoms with Crippen LogP contribution in [0.2, 0.25) is 0 Å². The molecule has 0 amide bonds. The molecule has 0 aromatic heterocycles. The highest BCUT2D eigenvalue weighted by Crippen LogP contribution is 2.27. The van der Waals surface area contributed by atoms with Crippen LogP contribution in [0, 0.1) is 0 Å². The molecule has 0 heterocycles. The van der Waals surface area contributed by atoms with Gasteiger partial charge >= 0.3 is 0 Å². The van der Waals surface area contributed by atoms with E-state index in [4.69, 9.17) is 12.6 Å². The molecule has 0 fully saturated rings. The summed E-state index contributed by atoms with van der Waals surface area (Å²) < 4.78 is 0. The average molecular weight is 199 g/mol. The Balaban J connectivity index is 2.30. The van der Waals surface area contributed by atoms with Gasteiger partial charge in [-0.05, 0) is 11.1 Å². The van der Waals surface area contributed by atoms with E-state index >= 15 is 0 Å².